The van der Waals surface area contributed by atoms with Crippen LogP contribution in [0.4, 0.5) is 0 Å². The average molecular weight is 361 g/mol. The van der Waals surface area contributed by atoms with Crippen LogP contribution in [0.15, 0.2) is 46.6 Å². The Bertz CT molecular complexity index is 962. The van der Waals surface area contributed by atoms with Gasteiger partial charge in [0.1, 0.15) is 11.3 Å². The second-order valence-electron chi connectivity index (χ2n) is 5.75. The lowest BCUT2D eigenvalue weighted by atomic mass is 9.83. The molecular weight excluding hydrogens is 344 g/mol. The third kappa shape index (κ3) is 2.68. The van der Waals surface area contributed by atoms with E-state index in [9.17, 15) is 9.59 Å². The SMILES string of the molecule is COC(=O)C1=C(N)Oc2cc(C)n(C)c(=O)c2[C@@H]1c1ccccc1Cl. The Labute approximate surface area is 149 Å². The number of carbonyl (C=O) groups excluding carboxylic acids is 1. The number of nitrogens with zero attached hydrogens (tertiary/aromatic N) is 1. The molecule has 0 amide bonds. The molecule has 3 rings (SSSR count). The summed E-state index contributed by atoms with van der Waals surface area (Å²) in [5.74, 6) is -1.23. The summed E-state index contributed by atoms with van der Waals surface area (Å²) < 4.78 is 11.9. The molecule has 0 saturated carbocycles. The molecule has 2 aromatic rings. The van der Waals surface area contributed by atoms with Crippen molar-refractivity contribution in [3.63, 3.8) is 0 Å². The molecule has 1 aromatic carbocycles. The number of ether oxygens (including phenoxy) is 2. The summed E-state index contributed by atoms with van der Waals surface area (Å²) in [7, 11) is 2.90. The summed E-state index contributed by atoms with van der Waals surface area (Å²) in [6, 6.07) is 8.69. The van der Waals surface area contributed by atoms with Crippen LogP contribution in [0, 0.1) is 6.92 Å². The third-order valence-corrected chi connectivity index (χ3v) is 4.70. The fraction of sp³-hybridized carbons (Fsp3) is 0.222. The summed E-state index contributed by atoms with van der Waals surface area (Å²) >= 11 is 6.34. The van der Waals surface area contributed by atoms with Crippen LogP contribution in [0.2, 0.25) is 5.02 Å². The highest BCUT2D eigenvalue weighted by Gasteiger charge is 2.38. The van der Waals surface area contributed by atoms with Crippen molar-refractivity contribution in [3.05, 3.63) is 74.0 Å². The molecule has 2 heterocycles. The summed E-state index contributed by atoms with van der Waals surface area (Å²) in [5.41, 5.74) is 7.35. The van der Waals surface area contributed by atoms with Crippen molar-refractivity contribution < 1.29 is 14.3 Å². The van der Waals surface area contributed by atoms with Gasteiger partial charge in [-0.3, -0.25) is 4.79 Å². The lowest BCUT2D eigenvalue weighted by molar-refractivity contribution is -0.136. The minimum atomic E-state index is -0.774. The predicted molar refractivity (Wildman–Crippen MR) is 93.6 cm³/mol. The number of carbonyl (C=O) groups is 1. The van der Waals surface area contributed by atoms with E-state index < -0.39 is 11.9 Å². The van der Waals surface area contributed by atoms with Gasteiger partial charge < -0.3 is 19.8 Å². The van der Waals surface area contributed by atoms with Gasteiger partial charge >= 0.3 is 5.97 Å². The standard InChI is InChI=1S/C18H17ClN2O4/c1-9-8-12-14(17(22)21(9)2)13(10-6-4-5-7-11(10)19)15(16(20)25-12)18(23)24-3/h4-8,13H,20H2,1-3H3/t13-/m0/s1. The molecule has 25 heavy (non-hydrogen) atoms. The molecule has 6 nitrogen and oxygen atoms in total. The van der Waals surface area contributed by atoms with E-state index >= 15 is 0 Å². The van der Waals surface area contributed by atoms with Crippen LogP contribution in [0.3, 0.4) is 0 Å². The molecular formula is C18H17ClN2O4. The van der Waals surface area contributed by atoms with Crippen LogP contribution in [-0.4, -0.2) is 17.6 Å². The van der Waals surface area contributed by atoms with Crippen molar-refractivity contribution in [1.82, 2.24) is 4.57 Å². The van der Waals surface area contributed by atoms with Crippen molar-refractivity contribution in [2.24, 2.45) is 12.8 Å². The van der Waals surface area contributed by atoms with Crippen molar-refractivity contribution >= 4 is 17.6 Å². The van der Waals surface area contributed by atoms with Crippen molar-refractivity contribution in [3.8, 4) is 5.75 Å². The number of hydrogen-bond acceptors (Lipinski definition) is 5. The highest BCUT2D eigenvalue weighted by Crippen LogP contribution is 2.43. The first kappa shape index (κ1) is 17.1. The molecule has 1 aliphatic heterocycles. The first-order chi connectivity index (χ1) is 11.9. The number of esters is 1. The number of methoxy groups -OCH3 is 1. The summed E-state index contributed by atoms with van der Waals surface area (Å²) in [5, 5.41) is 0.414. The van der Waals surface area contributed by atoms with Gasteiger partial charge in [-0.1, -0.05) is 29.8 Å². The molecule has 0 aliphatic carbocycles. The smallest absolute Gasteiger partial charge is 0.340 e. The quantitative estimate of drug-likeness (QED) is 0.830. The Kier molecular flexibility index (Phi) is 4.30. The molecule has 0 fully saturated rings. The molecule has 130 valence electrons. The largest absolute Gasteiger partial charge is 0.465 e. The Morgan fingerprint density at radius 3 is 2.68 bits per heavy atom. The van der Waals surface area contributed by atoms with Gasteiger partial charge in [-0.2, -0.15) is 0 Å². The van der Waals surface area contributed by atoms with Crippen LogP contribution < -0.4 is 16.0 Å². The van der Waals surface area contributed by atoms with Gasteiger partial charge in [0, 0.05) is 23.8 Å². The minimum absolute atomic E-state index is 0.0593. The van der Waals surface area contributed by atoms with Gasteiger partial charge in [0.05, 0.1) is 18.6 Å². The molecule has 1 aromatic heterocycles. The molecule has 0 spiro atoms. The zero-order valence-electron chi connectivity index (χ0n) is 14.0. The van der Waals surface area contributed by atoms with Crippen LogP contribution in [0.25, 0.3) is 0 Å². The Morgan fingerprint density at radius 1 is 1.36 bits per heavy atom. The zero-order chi connectivity index (χ0) is 18.3. The van der Waals surface area contributed by atoms with Crippen LogP contribution in [0.1, 0.15) is 22.7 Å². The lowest BCUT2D eigenvalue weighted by Gasteiger charge is -2.28. The van der Waals surface area contributed by atoms with Gasteiger partial charge in [-0.15, -0.1) is 0 Å². The Balaban J connectivity index is 2.39. The first-order valence-electron chi connectivity index (χ1n) is 7.57. The van der Waals surface area contributed by atoms with E-state index in [0.717, 1.165) is 0 Å². The number of benzene rings is 1. The fourth-order valence-corrected chi connectivity index (χ4v) is 3.21. The number of rotatable bonds is 2. The van der Waals surface area contributed by atoms with E-state index in [1.165, 1.54) is 11.7 Å². The molecule has 0 radical (unpaired) electrons. The number of nitrogens with two attached hydrogens (primary N) is 1. The van der Waals surface area contributed by atoms with Gasteiger partial charge in [-0.05, 0) is 18.6 Å². The average Bonchev–Trinajstić information content (AvgIpc) is 2.58. The van der Waals surface area contributed by atoms with E-state index in [2.05, 4.69) is 0 Å². The number of aryl methyl sites for hydroxylation is 1. The minimum Gasteiger partial charge on any atom is -0.465 e. The maximum Gasteiger partial charge on any atom is 0.340 e. The van der Waals surface area contributed by atoms with Gasteiger partial charge in [0.2, 0.25) is 5.88 Å². The van der Waals surface area contributed by atoms with Crippen LogP contribution >= 0.6 is 11.6 Å². The monoisotopic (exact) mass is 360 g/mol. The zero-order valence-corrected chi connectivity index (χ0v) is 14.8. The molecule has 0 unspecified atom stereocenters. The maximum atomic E-state index is 12.9. The Morgan fingerprint density at radius 2 is 2.04 bits per heavy atom. The van der Waals surface area contributed by atoms with E-state index in [-0.39, 0.29) is 17.0 Å². The van der Waals surface area contributed by atoms with E-state index in [0.29, 0.717) is 27.6 Å². The van der Waals surface area contributed by atoms with E-state index in [1.807, 2.05) is 0 Å². The second-order valence-corrected chi connectivity index (χ2v) is 6.16. The van der Waals surface area contributed by atoms with Crippen LogP contribution in [-0.2, 0) is 16.6 Å². The van der Waals surface area contributed by atoms with Gasteiger partial charge in [0.25, 0.3) is 5.56 Å². The summed E-state index contributed by atoms with van der Waals surface area (Å²) in [4.78, 5) is 25.3. The molecule has 1 aliphatic rings. The second kappa shape index (κ2) is 6.29. The summed E-state index contributed by atoms with van der Waals surface area (Å²) in [6.07, 6.45) is 0. The Hall–Kier alpha value is -2.73. The van der Waals surface area contributed by atoms with E-state index in [1.54, 1.807) is 44.3 Å². The number of halogens is 1. The molecule has 2 N–H and O–H groups in total. The lowest BCUT2D eigenvalue weighted by Crippen LogP contribution is -2.34. The van der Waals surface area contributed by atoms with Crippen molar-refractivity contribution in [2.75, 3.05) is 7.11 Å². The number of pyridine rings is 1. The van der Waals surface area contributed by atoms with Crippen molar-refractivity contribution in [2.45, 2.75) is 12.8 Å². The normalized spacial score (nSPS) is 16.2. The van der Waals surface area contributed by atoms with E-state index in [4.69, 9.17) is 26.8 Å². The first-order valence-corrected chi connectivity index (χ1v) is 7.95. The predicted octanol–water partition coefficient (Wildman–Crippen LogP) is 2.21. The maximum absolute atomic E-state index is 12.9. The fourth-order valence-electron chi connectivity index (χ4n) is 2.97. The molecule has 7 heteroatoms. The molecule has 1 atom stereocenters. The highest BCUT2D eigenvalue weighted by molar-refractivity contribution is 6.31. The van der Waals surface area contributed by atoms with Gasteiger partial charge in [-0.25, -0.2) is 4.79 Å². The summed E-state index contributed by atoms with van der Waals surface area (Å²) in [6.45, 7) is 1.78. The van der Waals surface area contributed by atoms with Gasteiger partial charge in [0.15, 0.2) is 0 Å². The number of hydrogen-bond donors (Lipinski definition) is 1. The molecule has 0 saturated heterocycles. The van der Waals surface area contributed by atoms with Crippen LogP contribution in [0.5, 0.6) is 5.75 Å². The molecule has 0 bridgehead atoms. The number of aromatic nitrogens is 1. The van der Waals surface area contributed by atoms with Crippen molar-refractivity contribution in [1.29, 1.82) is 0 Å². The highest BCUT2D eigenvalue weighted by atomic mass is 35.5. The number of fused-ring (bicyclic) bond motifs is 1. The third-order valence-electron chi connectivity index (χ3n) is 4.35. The topological polar surface area (TPSA) is 83.5 Å².